The number of rotatable bonds is 0. The van der Waals surface area contributed by atoms with Gasteiger partial charge in [0.15, 0.2) is 0 Å². The van der Waals surface area contributed by atoms with Gasteiger partial charge in [-0.3, -0.25) is 0 Å². The Labute approximate surface area is 64.0 Å². The first kappa shape index (κ1) is 10.9. The zero-order valence-corrected chi connectivity index (χ0v) is 6.69. The minimum atomic E-state index is 0. The molecule has 0 radical (unpaired) electrons. The molecule has 0 atom stereocenters. The molecule has 1 rings (SSSR count). The third-order valence-electron chi connectivity index (χ3n) is 0.556. The molecule has 0 aromatic heterocycles. The Kier molecular flexibility index (Phi) is 13.7. The van der Waals surface area contributed by atoms with Crippen molar-refractivity contribution in [2.24, 2.45) is 0 Å². The van der Waals surface area contributed by atoms with Crippen molar-refractivity contribution >= 4 is 0 Å². The van der Waals surface area contributed by atoms with Crippen LogP contribution in [0.1, 0.15) is 6.92 Å². The van der Waals surface area contributed by atoms with Crippen LogP contribution in [0.15, 0.2) is 30.3 Å². The molecule has 0 spiro atoms. The van der Waals surface area contributed by atoms with Crippen LogP contribution in [0, 0.1) is 6.92 Å². The predicted octanol–water partition coefficient (Wildman–Crippen LogP) is 2.24. The normalized spacial score (nSPS) is 5.75. The topological polar surface area (TPSA) is 0 Å². The van der Waals surface area contributed by atoms with E-state index in [0.717, 1.165) is 0 Å². The molecule has 1 heteroatoms. The molecule has 0 saturated heterocycles. The third-order valence-corrected chi connectivity index (χ3v) is 0.556. The van der Waals surface area contributed by atoms with Crippen molar-refractivity contribution in [2.75, 3.05) is 0 Å². The Morgan fingerprint density at radius 1 is 1.12 bits per heavy atom. The maximum absolute atomic E-state index is 3.25. The maximum atomic E-state index is 3.25. The fraction of sp³-hybridized carbons (Fsp3) is 0.143. The molecule has 0 fully saturated rings. The Morgan fingerprint density at radius 3 is 1.62 bits per heavy atom. The van der Waals surface area contributed by atoms with Crippen molar-refractivity contribution in [2.45, 2.75) is 6.92 Å². The maximum Gasteiger partial charge on any atom is 2.00 e. The molecule has 1 aromatic rings. The van der Waals surface area contributed by atoms with E-state index in [1.54, 1.807) is 6.92 Å². The molecule has 0 nitrogen and oxygen atoms in total. The van der Waals surface area contributed by atoms with E-state index < -0.39 is 0 Å². The van der Waals surface area contributed by atoms with E-state index >= 15 is 0 Å². The van der Waals surface area contributed by atoms with Gasteiger partial charge < -0.3 is 6.92 Å². The quantitative estimate of drug-likeness (QED) is 0.440. The molecule has 0 saturated carbocycles. The van der Waals surface area contributed by atoms with Gasteiger partial charge in [-0.1, -0.05) is 0 Å². The van der Waals surface area contributed by atoms with Gasteiger partial charge in [-0.15, -0.1) is 0 Å². The van der Waals surface area contributed by atoms with Gasteiger partial charge >= 0.3 is 19.5 Å². The summed E-state index contributed by atoms with van der Waals surface area (Å²) >= 11 is 0. The molecule has 0 unspecified atom stereocenters. The SMILES string of the molecule is [CH2-]C.[Ru+2].c1cc[cH-]c1. The first-order valence-electron chi connectivity index (χ1n) is 2.37. The second-order valence-corrected chi connectivity index (χ2v) is 0.962. The standard InChI is InChI=1S/C5H5.C2H5.Ru/c1-2-4-5-3-1;1-2;/h1-5H;1H2,2H3;/q2*-1;+2. The van der Waals surface area contributed by atoms with Gasteiger partial charge in [0, 0.05) is 0 Å². The summed E-state index contributed by atoms with van der Waals surface area (Å²) in [5.74, 6) is 0. The average Bonchev–Trinajstić information content (AvgIpc) is 2.23. The molecule has 0 amide bonds. The zero-order chi connectivity index (χ0) is 5.54. The van der Waals surface area contributed by atoms with Crippen LogP contribution in [0.3, 0.4) is 0 Å². The van der Waals surface area contributed by atoms with Crippen molar-refractivity contribution < 1.29 is 19.5 Å². The van der Waals surface area contributed by atoms with Gasteiger partial charge in [0.1, 0.15) is 0 Å². The van der Waals surface area contributed by atoms with E-state index in [2.05, 4.69) is 6.92 Å². The molecule has 0 N–H and O–H groups in total. The zero-order valence-electron chi connectivity index (χ0n) is 4.95. The van der Waals surface area contributed by atoms with Crippen molar-refractivity contribution in [3.63, 3.8) is 0 Å². The second-order valence-electron chi connectivity index (χ2n) is 0.962. The largest absolute Gasteiger partial charge is 2.00 e. The van der Waals surface area contributed by atoms with Crippen LogP contribution < -0.4 is 0 Å². The summed E-state index contributed by atoms with van der Waals surface area (Å²) < 4.78 is 0. The van der Waals surface area contributed by atoms with E-state index in [1.807, 2.05) is 30.3 Å². The Balaban J connectivity index is 0. The van der Waals surface area contributed by atoms with Crippen molar-refractivity contribution in [1.29, 1.82) is 0 Å². The summed E-state index contributed by atoms with van der Waals surface area (Å²) in [5.41, 5.74) is 0. The Bertz CT molecular complexity index is 60.9. The van der Waals surface area contributed by atoms with Crippen LogP contribution in [-0.4, -0.2) is 0 Å². The van der Waals surface area contributed by atoms with Gasteiger partial charge in [0.05, 0.1) is 0 Å². The predicted molar refractivity (Wildman–Crippen MR) is 33.1 cm³/mol. The van der Waals surface area contributed by atoms with E-state index in [-0.39, 0.29) is 19.5 Å². The molecule has 0 heterocycles. The molecular formula is C7H10Ru. The minimum absolute atomic E-state index is 0. The second kappa shape index (κ2) is 10.1. The van der Waals surface area contributed by atoms with Gasteiger partial charge in [-0.05, 0) is 0 Å². The molecule has 8 heavy (non-hydrogen) atoms. The summed E-state index contributed by atoms with van der Waals surface area (Å²) in [7, 11) is 0. The molecule has 0 aliphatic carbocycles. The van der Waals surface area contributed by atoms with Crippen molar-refractivity contribution in [3.05, 3.63) is 37.3 Å². The number of hydrogen-bond donors (Lipinski definition) is 0. The smallest absolute Gasteiger partial charge is 0.346 e. The molecule has 0 aliphatic heterocycles. The van der Waals surface area contributed by atoms with Gasteiger partial charge in [0.25, 0.3) is 0 Å². The van der Waals surface area contributed by atoms with E-state index in [9.17, 15) is 0 Å². The van der Waals surface area contributed by atoms with Crippen LogP contribution in [-0.2, 0) is 19.5 Å². The minimum Gasteiger partial charge on any atom is -0.346 e. The summed E-state index contributed by atoms with van der Waals surface area (Å²) in [6.07, 6.45) is 0. The van der Waals surface area contributed by atoms with E-state index in [4.69, 9.17) is 0 Å². The number of hydrogen-bond acceptors (Lipinski definition) is 0. The van der Waals surface area contributed by atoms with Crippen LogP contribution >= 0.6 is 0 Å². The Hall–Kier alpha value is -0.0266. The molecule has 46 valence electrons. The summed E-state index contributed by atoms with van der Waals surface area (Å²) in [6.45, 7) is 5.00. The molecule has 0 bridgehead atoms. The van der Waals surface area contributed by atoms with Gasteiger partial charge in [0.2, 0.25) is 0 Å². The van der Waals surface area contributed by atoms with Crippen LogP contribution in [0.2, 0.25) is 0 Å². The van der Waals surface area contributed by atoms with Gasteiger partial charge in [-0.25, -0.2) is 12.1 Å². The van der Waals surface area contributed by atoms with Gasteiger partial charge in [-0.2, -0.15) is 25.1 Å². The fourth-order valence-corrected chi connectivity index (χ4v) is 0.321. The summed E-state index contributed by atoms with van der Waals surface area (Å²) in [5, 5.41) is 0. The molecule has 1 aromatic carbocycles. The van der Waals surface area contributed by atoms with E-state index in [1.165, 1.54) is 0 Å². The first-order valence-corrected chi connectivity index (χ1v) is 2.37. The third kappa shape index (κ3) is 5.97. The molecular weight excluding hydrogens is 185 g/mol. The first-order chi connectivity index (χ1) is 3.50. The summed E-state index contributed by atoms with van der Waals surface area (Å²) in [6, 6.07) is 10.0. The fourth-order valence-electron chi connectivity index (χ4n) is 0.321. The average molecular weight is 195 g/mol. The monoisotopic (exact) mass is 196 g/mol. The van der Waals surface area contributed by atoms with E-state index in [0.29, 0.717) is 0 Å². The molecule has 0 aliphatic rings. The van der Waals surface area contributed by atoms with Crippen molar-refractivity contribution in [3.8, 4) is 0 Å². The summed E-state index contributed by atoms with van der Waals surface area (Å²) in [4.78, 5) is 0. The van der Waals surface area contributed by atoms with Crippen molar-refractivity contribution in [1.82, 2.24) is 0 Å². The Morgan fingerprint density at radius 2 is 1.50 bits per heavy atom. The van der Waals surface area contributed by atoms with Crippen LogP contribution in [0.5, 0.6) is 0 Å². The van der Waals surface area contributed by atoms with Crippen LogP contribution in [0.4, 0.5) is 0 Å². The van der Waals surface area contributed by atoms with Crippen LogP contribution in [0.25, 0.3) is 0 Å².